The van der Waals surface area contributed by atoms with Crippen LogP contribution in [0.2, 0.25) is 19.6 Å². The molecule has 0 spiro atoms. The number of pyridine rings is 1. The molecule has 3 nitrogen and oxygen atoms in total. The molecule has 5 heteroatoms. The van der Waals surface area contributed by atoms with Gasteiger partial charge in [-0.15, -0.1) is 34.9 Å². The number of aliphatic hydroxyl groups excluding tert-OH is 1. The third-order valence-electron chi connectivity index (χ3n) is 15.6. The fraction of sp³-hybridized carbons (Fsp3) is 0.444. The van der Waals surface area contributed by atoms with Gasteiger partial charge in [-0.1, -0.05) is 111 Å². The molecule has 8 fully saturated rings. The summed E-state index contributed by atoms with van der Waals surface area (Å²) < 4.78 is 0. The second-order valence-corrected chi connectivity index (χ2v) is 26.1. The average molecular weight is 975 g/mol. The minimum absolute atomic E-state index is 0. The zero-order valence-corrected chi connectivity index (χ0v) is 38.8. The monoisotopic (exact) mass is 975 g/mol. The normalized spacial score (nSPS) is 30.1. The summed E-state index contributed by atoms with van der Waals surface area (Å²) in [5, 5.41) is 13.8. The summed E-state index contributed by atoms with van der Waals surface area (Å²) in [6.07, 6.45) is 16.8. The second-order valence-electron chi connectivity index (χ2n) is 21.0. The summed E-state index contributed by atoms with van der Waals surface area (Å²) in [6.45, 7) is 9.29. The number of aryl methyl sites for hydroxylation is 1. The zero-order chi connectivity index (χ0) is 39.8. The van der Waals surface area contributed by atoms with Crippen LogP contribution in [-0.4, -0.2) is 23.9 Å². The van der Waals surface area contributed by atoms with Crippen LogP contribution in [0.15, 0.2) is 109 Å². The van der Waals surface area contributed by atoms with Gasteiger partial charge in [-0.05, 0) is 141 Å². The first-order chi connectivity index (χ1) is 27.9. The van der Waals surface area contributed by atoms with Crippen LogP contribution >= 0.6 is 0 Å². The van der Waals surface area contributed by atoms with Crippen LogP contribution in [0.3, 0.4) is 0 Å². The van der Waals surface area contributed by atoms with Gasteiger partial charge in [-0.3, -0.25) is 9.78 Å². The Bertz CT molecular complexity index is 2320. The Hall–Kier alpha value is -3.63. The van der Waals surface area contributed by atoms with Gasteiger partial charge in [0.05, 0.1) is 13.6 Å². The number of carbonyl (C=O) groups excluding carboxylic acids is 1. The molecule has 5 aromatic rings. The molecule has 1 heterocycles. The molecule has 8 saturated carbocycles. The molecule has 4 aromatic carbocycles. The molecule has 307 valence electrons. The number of aliphatic hydroxyl groups is 1. The van der Waals surface area contributed by atoms with E-state index in [4.69, 9.17) is 4.98 Å². The maximum Gasteiger partial charge on any atom is 0.165 e. The van der Waals surface area contributed by atoms with Crippen molar-refractivity contribution in [1.82, 2.24) is 4.98 Å². The Morgan fingerprint density at radius 2 is 1.17 bits per heavy atom. The van der Waals surface area contributed by atoms with E-state index >= 15 is 0 Å². The topological polar surface area (TPSA) is 50.2 Å². The first-order valence-electron chi connectivity index (χ1n) is 22.5. The number of benzene rings is 4. The molecule has 0 unspecified atom stereocenters. The molecule has 0 aliphatic heterocycles. The van der Waals surface area contributed by atoms with Crippen molar-refractivity contribution in [1.29, 1.82) is 0 Å². The molecule has 8 bridgehead atoms. The van der Waals surface area contributed by atoms with Crippen LogP contribution in [0.5, 0.6) is 0 Å². The summed E-state index contributed by atoms with van der Waals surface area (Å²) in [7, 11) is -1.44. The molecule has 1 N–H and O–H groups in total. The quantitative estimate of drug-likeness (QED) is 0.0765. The van der Waals surface area contributed by atoms with E-state index in [-0.39, 0.29) is 30.9 Å². The van der Waals surface area contributed by atoms with Crippen molar-refractivity contribution in [2.24, 2.45) is 46.3 Å². The Morgan fingerprint density at radius 1 is 0.661 bits per heavy atom. The Labute approximate surface area is 366 Å². The molecule has 0 saturated heterocycles. The van der Waals surface area contributed by atoms with Crippen LogP contribution in [0, 0.1) is 59.3 Å². The number of ketones is 1. The van der Waals surface area contributed by atoms with Crippen LogP contribution in [-0.2, 0) is 24.9 Å². The van der Waals surface area contributed by atoms with Gasteiger partial charge in [0.2, 0.25) is 0 Å². The van der Waals surface area contributed by atoms with Crippen molar-refractivity contribution in [2.75, 3.05) is 0 Å². The van der Waals surface area contributed by atoms with Crippen molar-refractivity contribution in [3.8, 4) is 33.5 Å². The van der Waals surface area contributed by atoms with Gasteiger partial charge < -0.3 is 5.11 Å². The summed E-state index contributed by atoms with van der Waals surface area (Å²) in [5.41, 5.74) is 8.87. The maximum absolute atomic E-state index is 13.4. The summed E-state index contributed by atoms with van der Waals surface area (Å²) in [5.74, 6) is 5.64. The van der Waals surface area contributed by atoms with Crippen molar-refractivity contribution < 1.29 is 30.0 Å². The van der Waals surface area contributed by atoms with Crippen molar-refractivity contribution >= 4 is 29.9 Å². The molecule has 13 rings (SSSR count). The number of nitrogens with zero attached hydrogens (tertiary/aromatic N) is 1. The minimum atomic E-state index is -1.44. The molecule has 1 aromatic heterocycles. The summed E-state index contributed by atoms with van der Waals surface area (Å²) in [6, 6.07) is 38.2. The molecule has 8 aliphatic carbocycles. The Morgan fingerprint density at radius 3 is 1.69 bits per heavy atom. The molecule has 1 radical (unpaired) electrons. The third-order valence-corrected chi connectivity index (χ3v) is 17.6. The number of carbonyl (C=O) groups is 1. The third kappa shape index (κ3) is 7.90. The van der Waals surface area contributed by atoms with E-state index < -0.39 is 8.07 Å². The molecular formula is C54H60IrNO2Si-. The van der Waals surface area contributed by atoms with Gasteiger partial charge in [0.15, 0.2) is 5.78 Å². The van der Waals surface area contributed by atoms with Crippen LogP contribution in [0.4, 0.5) is 0 Å². The maximum atomic E-state index is 13.4. The number of aromatic nitrogens is 1. The van der Waals surface area contributed by atoms with Gasteiger partial charge in [0.25, 0.3) is 0 Å². The minimum Gasteiger partial charge on any atom is -0.512 e. The number of fused-ring (bicyclic) bond motifs is 1. The van der Waals surface area contributed by atoms with Gasteiger partial charge >= 0.3 is 0 Å². The van der Waals surface area contributed by atoms with E-state index in [9.17, 15) is 9.90 Å². The van der Waals surface area contributed by atoms with E-state index in [1.165, 1.54) is 71.4 Å². The van der Waals surface area contributed by atoms with E-state index in [2.05, 4.69) is 130 Å². The van der Waals surface area contributed by atoms with Crippen molar-refractivity contribution in [2.45, 2.75) is 104 Å². The number of allylic oxidation sites excluding steroid dienone is 2. The molecular weight excluding hydrogens is 915 g/mol. The number of hydrogen-bond donors (Lipinski definition) is 1. The fourth-order valence-corrected chi connectivity index (χ4v) is 14.8. The van der Waals surface area contributed by atoms with Gasteiger partial charge in [-0.2, -0.15) is 0 Å². The van der Waals surface area contributed by atoms with Gasteiger partial charge in [0, 0.05) is 42.4 Å². The van der Waals surface area contributed by atoms with Crippen molar-refractivity contribution in [3.05, 3.63) is 121 Å². The van der Waals surface area contributed by atoms with Gasteiger partial charge in [-0.25, -0.2) is 0 Å². The number of hydrogen-bond acceptors (Lipinski definition) is 3. The van der Waals surface area contributed by atoms with Crippen molar-refractivity contribution in [3.63, 3.8) is 0 Å². The first-order valence-corrected chi connectivity index (χ1v) is 26.0. The second kappa shape index (κ2) is 15.7. The summed E-state index contributed by atoms with van der Waals surface area (Å²) >= 11 is 0. The van der Waals surface area contributed by atoms with Crippen LogP contribution < -0.4 is 5.19 Å². The SMILES string of the molecule is Cc1[c-]c(-c2cc(-c3ccccc3)c3cc([Si](C)(C)C)ccc3n2)cc(-c2ccccc2)c1.O=C(/C=C(\O)C12CC3CC(CC(C3)C1)C2)C12CC3CC(CC(C3)C1)C2.[Ir]. The van der Waals surface area contributed by atoms with E-state index in [1.807, 2.05) is 0 Å². The molecule has 0 atom stereocenters. The van der Waals surface area contributed by atoms with Crippen LogP contribution in [0.1, 0.15) is 82.6 Å². The largest absolute Gasteiger partial charge is 0.512 e. The summed E-state index contributed by atoms with van der Waals surface area (Å²) in [4.78, 5) is 18.5. The Kier molecular flexibility index (Phi) is 10.8. The van der Waals surface area contributed by atoms with E-state index in [0.717, 1.165) is 96.4 Å². The molecule has 8 aliphatic rings. The zero-order valence-electron chi connectivity index (χ0n) is 35.4. The fourth-order valence-electron chi connectivity index (χ4n) is 13.6. The van der Waals surface area contributed by atoms with E-state index in [1.54, 1.807) is 6.08 Å². The van der Waals surface area contributed by atoms with Crippen LogP contribution in [0.25, 0.3) is 44.4 Å². The molecule has 0 amide bonds. The Balaban J connectivity index is 0.000000154. The molecule has 59 heavy (non-hydrogen) atoms. The number of rotatable bonds is 7. The predicted molar refractivity (Wildman–Crippen MR) is 242 cm³/mol. The van der Waals surface area contributed by atoms with E-state index in [0.29, 0.717) is 11.5 Å². The standard InChI is InChI=1S/C31H28NSi.C23H32O2.Ir/c1-22-17-25(23-11-7-5-8-12-23)19-26(18-22)31-21-28(24-13-9-6-10-14-24)29-20-27(33(2,3)4)15-16-30(29)32-31;24-20(22-8-14-1-15(9-22)3-16(2-14)10-22)7-21(25)23-11-17-4-18(12-23)6-19(5-17)13-23;/h5-17,19-21H,1-4H3;7,14-19,24H,1-6,8-13H2;/q-1;;/b;20-7-;. The average Bonchev–Trinajstić information content (AvgIpc) is 3.19. The first kappa shape index (κ1) is 40.8. The smallest absolute Gasteiger partial charge is 0.165 e. The van der Waals surface area contributed by atoms with Gasteiger partial charge in [0.1, 0.15) is 5.76 Å². The predicted octanol–water partition coefficient (Wildman–Crippen LogP) is 13.3.